The second-order valence-corrected chi connectivity index (χ2v) is 8.06. The predicted molar refractivity (Wildman–Crippen MR) is 114 cm³/mol. The zero-order valence-electron chi connectivity index (χ0n) is 16.1. The van der Waals surface area contributed by atoms with E-state index in [0.29, 0.717) is 18.5 Å². The van der Waals surface area contributed by atoms with Crippen LogP contribution in [0, 0.1) is 6.92 Å². The first-order valence-corrected chi connectivity index (χ1v) is 10.2. The van der Waals surface area contributed by atoms with Gasteiger partial charge in [-0.15, -0.1) is 0 Å². The van der Waals surface area contributed by atoms with E-state index in [1.54, 1.807) is 17.0 Å². The number of ketones is 1. The molecule has 3 aromatic rings. The molecule has 1 aromatic heterocycles. The number of aryl methyl sites for hydroxylation is 1. The van der Waals surface area contributed by atoms with Crippen LogP contribution in [0.15, 0.2) is 68.8 Å². The van der Waals surface area contributed by atoms with Gasteiger partial charge in [0.2, 0.25) is 5.78 Å². The zero-order valence-corrected chi connectivity index (χ0v) is 17.7. The van der Waals surface area contributed by atoms with Crippen LogP contribution in [0.2, 0.25) is 0 Å². The van der Waals surface area contributed by atoms with E-state index in [1.165, 1.54) is 0 Å². The number of halogens is 1. The summed E-state index contributed by atoms with van der Waals surface area (Å²) in [5.41, 5.74) is 2.40. The Labute approximate surface area is 176 Å². The lowest BCUT2D eigenvalue weighted by atomic mass is 9.92. The normalized spacial score (nSPS) is 16.9. The third-order valence-corrected chi connectivity index (χ3v) is 5.69. The van der Waals surface area contributed by atoms with Crippen molar-refractivity contribution in [3.05, 3.63) is 81.2 Å². The molecular formula is C23H20BrNO4. The summed E-state index contributed by atoms with van der Waals surface area (Å²) in [6.07, 6.45) is 0.710. The molecule has 0 saturated heterocycles. The van der Waals surface area contributed by atoms with E-state index in [-0.39, 0.29) is 11.3 Å². The number of fused-ring (bicyclic) bond motifs is 1. The highest BCUT2D eigenvalue weighted by molar-refractivity contribution is 9.10. The molecule has 1 aliphatic heterocycles. The summed E-state index contributed by atoms with van der Waals surface area (Å²) in [6.45, 7) is 4.32. The molecule has 1 atom stereocenters. The number of rotatable bonds is 5. The van der Waals surface area contributed by atoms with Crippen LogP contribution in [0.4, 0.5) is 0 Å². The molecule has 1 amide bonds. The van der Waals surface area contributed by atoms with Crippen molar-refractivity contribution >= 4 is 38.6 Å². The van der Waals surface area contributed by atoms with Crippen molar-refractivity contribution in [3.8, 4) is 0 Å². The fraction of sp³-hybridized carbons (Fsp3) is 0.217. The Morgan fingerprint density at radius 1 is 1.21 bits per heavy atom. The second-order valence-electron chi connectivity index (χ2n) is 7.14. The number of amides is 1. The maximum Gasteiger partial charge on any atom is 0.290 e. The maximum absolute atomic E-state index is 13.4. The molecule has 0 saturated carbocycles. The van der Waals surface area contributed by atoms with Crippen LogP contribution in [-0.4, -0.2) is 28.2 Å². The average Bonchev–Trinajstić information content (AvgIpc) is 3.22. The average molecular weight is 454 g/mol. The summed E-state index contributed by atoms with van der Waals surface area (Å²) in [5, 5.41) is 11.4. The number of hydrogen-bond donors (Lipinski definition) is 1. The molecule has 148 valence electrons. The van der Waals surface area contributed by atoms with Crippen LogP contribution >= 0.6 is 15.9 Å². The minimum atomic E-state index is -0.643. The van der Waals surface area contributed by atoms with E-state index >= 15 is 0 Å². The van der Waals surface area contributed by atoms with Crippen molar-refractivity contribution in [2.75, 3.05) is 6.54 Å². The number of aliphatic hydroxyl groups excluding tert-OH is 1. The predicted octanol–water partition coefficient (Wildman–Crippen LogP) is 5.49. The van der Waals surface area contributed by atoms with Gasteiger partial charge in [-0.2, -0.15) is 0 Å². The van der Waals surface area contributed by atoms with Gasteiger partial charge < -0.3 is 14.4 Å². The molecule has 0 aliphatic carbocycles. The second kappa shape index (κ2) is 7.52. The van der Waals surface area contributed by atoms with Crippen LogP contribution < -0.4 is 0 Å². The van der Waals surface area contributed by atoms with Gasteiger partial charge in [0, 0.05) is 16.4 Å². The molecule has 1 unspecified atom stereocenters. The molecule has 4 rings (SSSR count). The highest BCUT2D eigenvalue weighted by Crippen LogP contribution is 2.40. The lowest BCUT2D eigenvalue weighted by Gasteiger charge is -2.27. The third kappa shape index (κ3) is 3.27. The fourth-order valence-corrected chi connectivity index (χ4v) is 4.21. The quantitative estimate of drug-likeness (QED) is 0.518. The van der Waals surface area contributed by atoms with Crippen molar-refractivity contribution < 1.29 is 19.1 Å². The van der Waals surface area contributed by atoms with Crippen molar-refractivity contribution in [3.63, 3.8) is 0 Å². The van der Waals surface area contributed by atoms with Gasteiger partial charge in [-0.1, -0.05) is 47.1 Å². The molecule has 1 N–H and O–H groups in total. The molecule has 0 bridgehead atoms. The Hall–Kier alpha value is -2.86. The third-order valence-electron chi connectivity index (χ3n) is 5.20. The Balaban J connectivity index is 1.84. The maximum atomic E-state index is 13.4. The van der Waals surface area contributed by atoms with Gasteiger partial charge in [-0.25, -0.2) is 0 Å². The zero-order chi connectivity index (χ0) is 20.7. The van der Waals surface area contributed by atoms with E-state index in [9.17, 15) is 14.7 Å². The first-order valence-electron chi connectivity index (χ1n) is 9.45. The van der Waals surface area contributed by atoms with Crippen LogP contribution in [-0.2, 0) is 4.79 Å². The Morgan fingerprint density at radius 3 is 2.69 bits per heavy atom. The van der Waals surface area contributed by atoms with Gasteiger partial charge in [-0.05, 0) is 48.7 Å². The summed E-state index contributed by atoms with van der Waals surface area (Å²) >= 11 is 3.41. The number of Topliss-reactive ketones (excluding diaryl/α,β-unsaturated/α-hetero) is 1. The minimum absolute atomic E-state index is 0.0656. The monoisotopic (exact) mass is 453 g/mol. The van der Waals surface area contributed by atoms with Gasteiger partial charge in [0.25, 0.3) is 5.91 Å². The number of aliphatic hydroxyl groups is 1. The Kier molecular flexibility index (Phi) is 5.04. The number of carbonyl (C=O) groups is 2. The molecule has 5 nitrogen and oxygen atoms in total. The number of carbonyl (C=O) groups excluding carboxylic acids is 2. The molecule has 0 radical (unpaired) electrons. The standard InChI is InChI=1S/C23H20BrNO4/c1-3-10-25-20(16-7-5-4-6-13(16)2)19(22(27)23(25)28)21(26)18-12-14-11-15(24)8-9-17(14)29-18/h4-9,11-12,20,27H,3,10H2,1-2H3. The first kappa shape index (κ1) is 19.5. The first-order chi connectivity index (χ1) is 13.9. The molecule has 29 heavy (non-hydrogen) atoms. The summed E-state index contributed by atoms with van der Waals surface area (Å²) in [7, 11) is 0. The van der Waals surface area contributed by atoms with Crippen molar-refractivity contribution in [2.24, 2.45) is 0 Å². The van der Waals surface area contributed by atoms with E-state index in [1.807, 2.05) is 50.2 Å². The molecular weight excluding hydrogens is 434 g/mol. The summed E-state index contributed by atoms with van der Waals surface area (Å²) < 4.78 is 6.62. The lowest BCUT2D eigenvalue weighted by molar-refractivity contribution is -0.129. The minimum Gasteiger partial charge on any atom is -0.503 e. The molecule has 2 heterocycles. The molecule has 0 spiro atoms. The van der Waals surface area contributed by atoms with E-state index in [2.05, 4.69) is 15.9 Å². The van der Waals surface area contributed by atoms with Crippen LogP contribution in [0.5, 0.6) is 0 Å². The van der Waals surface area contributed by atoms with Crippen LogP contribution in [0.1, 0.15) is 41.1 Å². The number of hydrogen-bond acceptors (Lipinski definition) is 4. The smallest absolute Gasteiger partial charge is 0.290 e. The number of nitrogens with zero attached hydrogens (tertiary/aromatic N) is 1. The molecule has 0 fully saturated rings. The van der Waals surface area contributed by atoms with Gasteiger partial charge in [-0.3, -0.25) is 9.59 Å². The molecule has 1 aliphatic rings. The van der Waals surface area contributed by atoms with Gasteiger partial charge in [0.1, 0.15) is 5.58 Å². The van der Waals surface area contributed by atoms with Crippen LogP contribution in [0.3, 0.4) is 0 Å². The highest BCUT2D eigenvalue weighted by Gasteiger charge is 2.44. The highest BCUT2D eigenvalue weighted by atomic mass is 79.9. The fourth-order valence-electron chi connectivity index (χ4n) is 3.83. The molecule has 6 heteroatoms. The van der Waals surface area contributed by atoms with Gasteiger partial charge in [0.05, 0.1) is 11.6 Å². The summed E-state index contributed by atoms with van der Waals surface area (Å²) in [5.74, 6) is -1.40. The van der Waals surface area contributed by atoms with Crippen molar-refractivity contribution in [1.29, 1.82) is 0 Å². The van der Waals surface area contributed by atoms with E-state index < -0.39 is 23.5 Å². The van der Waals surface area contributed by atoms with E-state index in [0.717, 1.165) is 21.0 Å². The number of furan rings is 1. The SMILES string of the molecule is CCCN1C(=O)C(O)=C(C(=O)c2cc3cc(Br)ccc3o2)C1c1ccccc1C. The number of benzene rings is 2. The molecule has 2 aromatic carbocycles. The van der Waals surface area contributed by atoms with E-state index in [4.69, 9.17) is 4.42 Å². The van der Waals surface area contributed by atoms with Gasteiger partial charge in [0.15, 0.2) is 11.5 Å². The topological polar surface area (TPSA) is 70.8 Å². The van der Waals surface area contributed by atoms with Crippen LogP contribution in [0.25, 0.3) is 11.0 Å². The lowest BCUT2D eigenvalue weighted by Crippen LogP contribution is -2.32. The van der Waals surface area contributed by atoms with Crippen molar-refractivity contribution in [1.82, 2.24) is 4.90 Å². The Bertz CT molecular complexity index is 1160. The summed E-state index contributed by atoms with van der Waals surface area (Å²) in [4.78, 5) is 27.7. The largest absolute Gasteiger partial charge is 0.503 e. The van der Waals surface area contributed by atoms with Crippen molar-refractivity contribution in [2.45, 2.75) is 26.3 Å². The Morgan fingerprint density at radius 2 is 1.97 bits per heavy atom. The summed E-state index contributed by atoms with van der Waals surface area (Å²) in [6, 6.07) is 14.0. The van der Waals surface area contributed by atoms with Gasteiger partial charge >= 0.3 is 0 Å².